The van der Waals surface area contributed by atoms with Crippen molar-refractivity contribution in [2.24, 2.45) is 0 Å². The fraction of sp³-hybridized carbons (Fsp3) is 0.500. The summed E-state index contributed by atoms with van der Waals surface area (Å²) >= 11 is 5.61. The van der Waals surface area contributed by atoms with Gasteiger partial charge in [0.15, 0.2) is 0 Å². The van der Waals surface area contributed by atoms with E-state index < -0.39 is 0 Å². The van der Waals surface area contributed by atoms with Gasteiger partial charge in [0.05, 0.1) is 17.8 Å². The Labute approximate surface area is 121 Å². The highest BCUT2D eigenvalue weighted by molar-refractivity contribution is 6.18. The summed E-state index contributed by atoms with van der Waals surface area (Å²) < 4.78 is 11.2. The third kappa shape index (κ3) is 6.00. The van der Waals surface area contributed by atoms with Crippen LogP contribution < -0.4 is 4.74 Å². The molecule has 0 bridgehead atoms. The number of alkyl halides is 1. The van der Waals surface area contributed by atoms with Crippen LogP contribution in [0.4, 0.5) is 0 Å². The van der Waals surface area contributed by atoms with Crippen molar-refractivity contribution in [3.05, 3.63) is 29.8 Å². The van der Waals surface area contributed by atoms with Gasteiger partial charge in [0.2, 0.25) is 0 Å². The summed E-state index contributed by atoms with van der Waals surface area (Å²) in [7, 11) is 1.71. The van der Waals surface area contributed by atoms with Crippen molar-refractivity contribution in [2.75, 3.05) is 19.6 Å². The maximum absolute atomic E-state index is 5.79. The molecule has 1 rings (SSSR count). The van der Waals surface area contributed by atoms with Gasteiger partial charge in [-0.05, 0) is 26.0 Å². The normalized spacial score (nSPS) is 10.7. The number of halogens is 1. The molecule has 0 radical (unpaired) electrons. The largest absolute Gasteiger partial charge is 0.492 e. The van der Waals surface area contributed by atoms with Crippen LogP contribution in [-0.4, -0.2) is 25.2 Å². The molecule has 0 heterocycles. The molecule has 1 aromatic carbocycles. The minimum atomic E-state index is -0.167. The van der Waals surface area contributed by atoms with E-state index in [4.69, 9.17) is 21.1 Å². The number of para-hydroxylation sites is 1. The highest BCUT2D eigenvalue weighted by Crippen LogP contribution is 2.19. The van der Waals surface area contributed by atoms with E-state index in [9.17, 15) is 0 Å². The topological polar surface area (TPSA) is 18.5 Å². The van der Waals surface area contributed by atoms with Crippen molar-refractivity contribution in [1.82, 2.24) is 0 Å². The van der Waals surface area contributed by atoms with Crippen LogP contribution in [0.2, 0.25) is 0 Å². The first-order chi connectivity index (χ1) is 9.09. The molecular formula is C16H21ClO2. The van der Waals surface area contributed by atoms with Crippen LogP contribution in [0, 0.1) is 11.8 Å². The second-order valence-corrected chi connectivity index (χ2v) is 5.18. The molecule has 1 aromatic rings. The number of hydrogen-bond donors (Lipinski definition) is 0. The first-order valence-corrected chi connectivity index (χ1v) is 6.94. The van der Waals surface area contributed by atoms with Crippen molar-refractivity contribution in [3.63, 3.8) is 0 Å². The number of methoxy groups -OCH3 is 1. The summed E-state index contributed by atoms with van der Waals surface area (Å²) in [5, 5.41) is 0. The lowest BCUT2D eigenvalue weighted by Crippen LogP contribution is -2.25. The van der Waals surface area contributed by atoms with Crippen LogP contribution in [0.3, 0.4) is 0 Å². The lowest BCUT2D eigenvalue weighted by molar-refractivity contribution is 0.00543. The van der Waals surface area contributed by atoms with Gasteiger partial charge in [0.1, 0.15) is 5.75 Å². The van der Waals surface area contributed by atoms with Crippen LogP contribution in [0.15, 0.2) is 24.3 Å². The van der Waals surface area contributed by atoms with Gasteiger partial charge >= 0.3 is 0 Å². The van der Waals surface area contributed by atoms with E-state index in [0.717, 1.165) is 17.7 Å². The molecule has 0 aliphatic carbocycles. The first kappa shape index (κ1) is 15.9. The molecule has 0 saturated carbocycles. The standard InChI is InChI=1S/C16H21ClO2/c1-16(2,18-3)11-13-19-15-10-5-4-8-14(15)9-6-7-12-17/h4-5,8,10H,7,11-13H2,1-3H3. The first-order valence-electron chi connectivity index (χ1n) is 6.41. The Morgan fingerprint density at radius 3 is 2.68 bits per heavy atom. The van der Waals surface area contributed by atoms with Crippen molar-refractivity contribution < 1.29 is 9.47 Å². The zero-order valence-corrected chi connectivity index (χ0v) is 12.6. The second-order valence-electron chi connectivity index (χ2n) is 4.80. The monoisotopic (exact) mass is 280 g/mol. The van der Waals surface area contributed by atoms with Crippen molar-refractivity contribution in [2.45, 2.75) is 32.3 Å². The van der Waals surface area contributed by atoms with E-state index in [-0.39, 0.29) is 5.60 Å². The molecule has 0 amide bonds. The highest BCUT2D eigenvalue weighted by Gasteiger charge is 2.16. The molecule has 19 heavy (non-hydrogen) atoms. The molecule has 0 fully saturated rings. The van der Waals surface area contributed by atoms with Crippen LogP contribution >= 0.6 is 11.6 Å². The Balaban J connectivity index is 2.61. The summed E-state index contributed by atoms with van der Waals surface area (Å²) in [5.74, 6) is 7.48. The summed E-state index contributed by atoms with van der Waals surface area (Å²) in [6.45, 7) is 4.69. The maximum Gasteiger partial charge on any atom is 0.134 e. The van der Waals surface area contributed by atoms with E-state index in [0.29, 0.717) is 18.9 Å². The Morgan fingerprint density at radius 2 is 2.00 bits per heavy atom. The van der Waals surface area contributed by atoms with Crippen LogP contribution in [0.5, 0.6) is 5.75 Å². The smallest absolute Gasteiger partial charge is 0.134 e. The Bertz CT molecular complexity index is 444. The van der Waals surface area contributed by atoms with Gasteiger partial charge in [-0.2, -0.15) is 0 Å². The molecule has 0 N–H and O–H groups in total. The number of ether oxygens (including phenoxy) is 2. The van der Waals surface area contributed by atoms with Crippen LogP contribution in [-0.2, 0) is 4.74 Å². The fourth-order valence-corrected chi connectivity index (χ4v) is 1.50. The molecule has 104 valence electrons. The van der Waals surface area contributed by atoms with Gasteiger partial charge in [0.25, 0.3) is 0 Å². The van der Waals surface area contributed by atoms with E-state index >= 15 is 0 Å². The second kappa shape index (κ2) is 8.09. The maximum atomic E-state index is 5.79. The molecule has 0 atom stereocenters. The molecule has 0 unspecified atom stereocenters. The summed E-state index contributed by atoms with van der Waals surface area (Å²) in [4.78, 5) is 0. The fourth-order valence-electron chi connectivity index (χ4n) is 1.41. The van der Waals surface area contributed by atoms with Crippen LogP contribution in [0.1, 0.15) is 32.3 Å². The van der Waals surface area contributed by atoms with Gasteiger partial charge < -0.3 is 9.47 Å². The molecule has 0 aliphatic heterocycles. The molecule has 3 heteroatoms. The SMILES string of the molecule is COC(C)(C)CCOc1ccccc1C#CCCCl. The molecule has 2 nitrogen and oxygen atoms in total. The average Bonchev–Trinajstić information content (AvgIpc) is 2.41. The van der Waals surface area contributed by atoms with Crippen molar-refractivity contribution in [3.8, 4) is 17.6 Å². The van der Waals surface area contributed by atoms with E-state index in [1.54, 1.807) is 7.11 Å². The lowest BCUT2D eigenvalue weighted by Gasteiger charge is -2.22. The molecule has 0 aromatic heterocycles. The van der Waals surface area contributed by atoms with Crippen molar-refractivity contribution in [1.29, 1.82) is 0 Å². The quantitative estimate of drug-likeness (QED) is 0.582. The average molecular weight is 281 g/mol. The number of rotatable bonds is 6. The van der Waals surface area contributed by atoms with Gasteiger partial charge in [-0.3, -0.25) is 0 Å². The molecule has 0 saturated heterocycles. The Hall–Kier alpha value is -1.17. The number of hydrogen-bond acceptors (Lipinski definition) is 2. The van der Waals surface area contributed by atoms with E-state index in [2.05, 4.69) is 11.8 Å². The minimum absolute atomic E-state index is 0.167. The zero-order valence-electron chi connectivity index (χ0n) is 11.8. The van der Waals surface area contributed by atoms with Gasteiger partial charge in [-0.15, -0.1) is 11.6 Å². The van der Waals surface area contributed by atoms with Gasteiger partial charge in [-0.25, -0.2) is 0 Å². The van der Waals surface area contributed by atoms with Crippen molar-refractivity contribution >= 4 is 11.6 Å². The summed E-state index contributed by atoms with van der Waals surface area (Å²) in [5.41, 5.74) is 0.738. The van der Waals surface area contributed by atoms with E-state index in [1.807, 2.05) is 38.1 Å². The third-order valence-corrected chi connectivity index (χ3v) is 3.03. The van der Waals surface area contributed by atoms with Gasteiger partial charge in [-0.1, -0.05) is 24.0 Å². The third-order valence-electron chi connectivity index (χ3n) is 2.84. The Kier molecular flexibility index (Phi) is 6.77. The summed E-state index contributed by atoms with van der Waals surface area (Å²) in [6.07, 6.45) is 1.51. The summed E-state index contributed by atoms with van der Waals surface area (Å²) in [6, 6.07) is 7.79. The minimum Gasteiger partial charge on any atom is -0.492 e. The number of benzene rings is 1. The highest BCUT2D eigenvalue weighted by atomic mass is 35.5. The van der Waals surface area contributed by atoms with Crippen LogP contribution in [0.25, 0.3) is 0 Å². The molecule has 0 spiro atoms. The van der Waals surface area contributed by atoms with E-state index in [1.165, 1.54) is 0 Å². The lowest BCUT2D eigenvalue weighted by atomic mass is 10.1. The zero-order chi connectivity index (χ0) is 14.1. The predicted molar refractivity (Wildman–Crippen MR) is 79.9 cm³/mol. The molecular weight excluding hydrogens is 260 g/mol. The van der Waals surface area contributed by atoms with Gasteiger partial charge in [0, 0.05) is 25.8 Å². The Morgan fingerprint density at radius 1 is 1.26 bits per heavy atom. The molecule has 0 aliphatic rings. The predicted octanol–water partition coefficient (Wildman–Crippen LogP) is 3.86.